The average Bonchev–Trinajstić information content (AvgIpc) is 2.21. The van der Waals surface area contributed by atoms with E-state index in [0.29, 0.717) is 30.2 Å². The first-order valence-corrected chi connectivity index (χ1v) is 7.28. The van der Waals surface area contributed by atoms with Gasteiger partial charge >= 0.3 is 0 Å². The smallest absolute Gasteiger partial charge is 0.222 e. The van der Waals surface area contributed by atoms with Gasteiger partial charge in [0.05, 0.1) is 0 Å². The van der Waals surface area contributed by atoms with E-state index in [1.807, 2.05) is 4.90 Å². The molecule has 0 heterocycles. The van der Waals surface area contributed by atoms with Crippen LogP contribution in [0.5, 0.6) is 0 Å². The van der Waals surface area contributed by atoms with E-state index in [4.69, 9.17) is 5.73 Å². The Morgan fingerprint density at radius 2 is 1.89 bits per heavy atom. The number of amides is 1. The van der Waals surface area contributed by atoms with Crippen LogP contribution in [0.1, 0.15) is 60.3 Å². The molecule has 0 bridgehead atoms. The van der Waals surface area contributed by atoms with Gasteiger partial charge in [0.25, 0.3) is 0 Å². The molecule has 0 aliphatic heterocycles. The van der Waals surface area contributed by atoms with Crippen molar-refractivity contribution in [1.82, 2.24) is 4.90 Å². The molecular weight excluding hydrogens is 224 g/mol. The van der Waals surface area contributed by atoms with Gasteiger partial charge < -0.3 is 10.6 Å². The van der Waals surface area contributed by atoms with Gasteiger partial charge in [0.2, 0.25) is 5.91 Å². The fourth-order valence-electron chi connectivity index (χ4n) is 2.46. The summed E-state index contributed by atoms with van der Waals surface area (Å²) in [5.41, 5.74) is 5.82. The van der Waals surface area contributed by atoms with Crippen LogP contribution in [0, 0.1) is 11.3 Å². The van der Waals surface area contributed by atoms with Gasteiger partial charge in [0, 0.05) is 19.5 Å². The summed E-state index contributed by atoms with van der Waals surface area (Å²) < 4.78 is 0. The van der Waals surface area contributed by atoms with Crippen molar-refractivity contribution in [3.63, 3.8) is 0 Å². The molecule has 0 aromatic heterocycles. The summed E-state index contributed by atoms with van der Waals surface area (Å²) in [5.74, 6) is 0.747. The van der Waals surface area contributed by atoms with Gasteiger partial charge in [-0.2, -0.15) is 0 Å². The highest BCUT2D eigenvalue weighted by molar-refractivity contribution is 5.76. The van der Waals surface area contributed by atoms with E-state index in [1.165, 1.54) is 0 Å². The minimum atomic E-state index is 0.294. The van der Waals surface area contributed by atoms with Gasteiger partial charge in [-0.3, -0.25) is 4.79 Å². The molecule has 3 heteroatoms. The SMILES string of the molecule is CCCN(CCCN)C(=O)CC(C)CC(C)(C)C. The maximum absolute atomic E-state index is 12.2. The van der Waals surface area contributed by atoms with Crippen molar-refractivity contribution in [1.29, 1.82) is 0 Å². The van der Waals surface area contributed by atoms with Crippen molar-refractivity contribution >= 4 is 5.91 Å². The summed E-state index contributed by atoms with van der Waals surface area (Å²) in [6.45, 7) is 13.3. The Kier molecular flexibility index (Phi) is 8.25. The zero-order valence-electron chi connectivity index (χ0n) is 13.0. The van der Waals surface area contributed by atoms with Crippen LogP contribution < -0.4 is 5.73 Å². The molecule has 0 spiro atoms. The first-order chi connectivity index (χ1) is 8.30. The fraction of sp³-hybridized carbons (Fsp3) is 0.933. The molecule has 108 valence electrons. The zero-order chi connectivity index (χ0) is 14.2. The minimum Gasteiger partial charge on any atom is -0.343 e. The highest BCUT2D eigenvalue weighted by Crippen LogP contribution is 2.26. The van der Waals surface area contributed by atoms with Crippen molar-refractivity contribution in [3.8, 4) is 0 Å². The second-order valence-electron chi connectivity index (χ2n) is 6.60. The number of carbonyl (C=O) groups excluding carboxylic acids is 1. The summed E-state index contributed by atoms with van der Waals surface area (Å²) in [6.07, 6.45) is 3.68. The van der Waals surface area contributed by atoms with Gasteiger partial charge in [-0.1, -0.05) is 34.6 Å². The summed E-state index contributed by atoms with van der Waals surface area (Å²) in [7, 11) is 0. The molecule has 0 aliphatic carbocycles. The molecule has 0 rings (SSSR count). The zero-order valence-corrected chi connectivity index (χ0v) is 13.0. The Morgan fingerprint density at radius 3 is 2.33 bits per heavy atom. The number of nitrogens with zero attached hydrogens (tertiary/aromatic N) is 1. The average molecular weight is 256 g/mol. The molecular formula is C15H32N2O. The third-order valence-electron chi connectivity index (χ3n) is 2.96. The van der Waals surface area contributed by atoms with E-state index < -0.39 is 0 Å². The predicted molar refractivity (Wildman–Crippen MR) is 78.4 cm³/mol. The normalized spacial score (nSPS) is 13.4. The monoisotopic (exact) mass is 256 g/mol. The molecule has 0 aromatic carbocycles. The van der Waals surface area contributed by atoms with Crippen LogP contribution in [0.2, 0.25) is 0 Å². The quantitative estimate of drug-likeness (QED) is 0.725. The number of hydrogen-bond acceptors (Lipinski definition) is 2. The van der Waals surface area contributed by atoms with Crippen molar-refractivity contribution in [3.05, 3.63) is 0 Å². The highest BCUT2D eigenvalue weighted by Gasteiger charge is 2.20. The minimum absolute atomic E-state index is 0.294. The Hall–Kier alpha value is -0.570. The van der Waals surface area contributed by atoms with Gasteiger partial charge in [-0.05, 0) is 37.1 Å². The topological polar surface area (TPSA) is 46.3 Å². The molecule has 0 fully saturated rings. The van der Waals surface area contributed by atoms with Gasteiger partial charge in [0.1, 0.15) is 0 Å². The van der Waals surface area contributed by atoms with E-state index in [1.54, 1.807) is 0 Å². The number of nitrogens with two attached hydrogens (primary N) is 1. The molecule has 1 unspecified atom stereocenters. The van der Waals surface area contributed by atoms with Crippen molar-refractivity contribution in [2.45, 2.75) is 60.3 Å². The van der Waals surface area contributed by atoms with Crippen LogP contribution in [0.25, 0.3) is 0 Å². The molecule has 0 radical (unpaired) electrons. The third kappa shape index (κ3) is 8.51. The summed E-state index contributed by atoms with van der Waals surface area (Å²) in [5, 5.41) is 0. The lowest BCUT2D eigenvalue weighted by atomic mass is 9.84. The highest BCUT2D eigenvalue weighted by atomic mass is 16.2. The van der Waals surface area contributed by atoms with E-state index in [0.717, 1.165) is 32.4 Å². The molecule has 1 amide bonds. The van der Waals surface area contributed by atoms with Gasteiger partial charge in [0.15, 0.2) is 0 Å². The molecule has 3 nitrogen and oxygen atoms in total. The van der Waals surface area contributed by atoms with Crippen molar-refractivity contribution < 1.29 is 4.79 Å². The molecule has 0 saturated heterocycles. The molecule has 0 aromatic rings. The number of hydrogen-bond donors (Lipinski definition) is 1. The van der Waals surface area contributed by atoms with E-state index >= 15 is 0 Å². The van der Waals surface area contributed by atoms with E-state index in [9.17, 15) is 4.79 Å². The van der Waals surface area contributed by atoms with Gasteiger partial charge in [-0.25, -0.2) is 0 Å². The first kappa shape index (κ1) is 17.4. The molecule has 2 N–H and O–H groups in total. The Balaban J connectivity index is 4.23. The number of carbonyl (C=O) groups is 1. The second-order valence-corrected chi connectivity index (χ2v) is 6.60. The molecule has 0 saturated carbocycles. The molecule has 18 heavy (non-hydrogen) atoms. The van der Waals surface area contributed by atoms with Gasteiger partial charge in [-0.15, -0.1) is 0 Å². The van der Waals surface area contributed by atoms with Crippen LogP contribution in [-0.2, 0) is 4.79 Å². The standard InChI is InChI=1S/C15H32N2O/c1-6-9-17(10-7-8-16)14(18)11-13(2)12-15(3,4)5/h13H,6-12,16H2,1-5H3. The lowest BCUT2D eigenvalue weighted by molar-refractivity contribution is -0.132. The molecule has 1 atom stereocenters. The van der Waals surface area contributed by atoms with Crippen LogP contribution in [0.3, 0.4) is 0 Å². The van der Waals surface area contributed by atoms with E-state index in [-0.39, 0.29) is 0 Å². The number of rotatable bonds is 8. The van der Waals surface area contributed by atoms with Crippen LogP contribution in [0.15, 0.2) is 0 Å². The Labute approximate surface area is 113 Å². The maximum atomic E-state index is 12.2. The molecule has 0 aliphatic rings. The first-order valence-electron chi connectivity index (χ1n) is 7.28. The lowest BCUT2D eigenvalue weighted by Crippen LogP contribution is -2.34. The Bertz CT molecular complexity index is 233. The van der Waals surface area contributed by atoms with Crippen LogP contribution in [0.4, 0.5) is 0 Å². The predicted octanol–water partition coefficient (Wildman–Crippen LogP) is 3.04. The third-order valence-corrected chi connectivity index (χ3v) is 2.96. The Morgan fingerprint density at radius 1 is 1.28 bits per heavy atom. The maximum Gasteiger partial charge on any atom is 0.222 e. The van der Waals surface area contributed by atoms with E-state index in [2.05, 4.69) is 34.6 Å². The summed E-state index contributed by atoms with van der Waals surface area (Å²) in [4.78, 5) is 14.2. The second kappa shape index (κ2) is 8.52. The summed E-state index contributed by atoms with van der Waals surface area (Å²) in [6, 6.07) is 0. The summed E-state index contributed by atoms with van der Waals surface area (Å²) >= 11 is 0. The fourth-order valence-corrected chi connectivity index (χ4v) is 2.46. The lowest BCUT2D eigenvalue weighted by Gasteiger charge is -2.26. The van der Waals surface area contributed by atoms with Crippen LogP contribution >= 0.6 is 0 Å². The van der Waals surface area contributed by atoms with Crippen molar-refractivity contribution in [2.75, 3.05) is 19.6 Å². The van der Waals surface area contributed by atoms with Crippen molar-refractivity contribution in [2.24, 2.45) is 17.1 Å². The largest absolute Gasteiger partial charge is 0.343 e. The van der Waals surface area contributed by atoms with Crippen LogP contribution in [-0.4, -0.2) is 30.4 Å².